The lowest BCUT2D eigenvalue weighted by molar-refractivity contribution is -0.121. The second kappa shape index (κ2) is 8.41. The summed E-state index contributed by atoms with van der Waals surface area (Å²) in [7, 11) is 0. The Bertz CT molecular complexity index is 516. The number of carbonyl (C=O) groups is 2. The lowest BCUT2D eigenvalue weighted by Gasteiger charge is -2.25. The first-order valence-electron chi connectivity index (χ1n) is 8.04. The van der Waals surface area contributed by atoms with Crippen molar-refractivity contribution in [3.05, 3.63) is 35.4 Å². The van der Waals surface area contributed by atoms with Gasteiger partial charge in [0.25, 0.3) is 0 Å². The monoisotopic (exact) mass is 303 g/mol. The number of primary amides is 1. The molecule has 0 heterocycles. The van der Waals surface area contributed by atoms with Crippen molar-refractivity contribution in [2.24, 2.45) is 5.73 Å². The van der Waals surface area contributed by atoms with E-state index in [1.807, 2.05) is 0 Å². The van der Waals surface area contributed by atoms with Crippen LogP contribution in [0.25, 0.3) is 0 Å². The molecule has 5 nitrogen and oxygen atoms in total. The first-order valence-corrected chi connectivity index (χ1v) is 8.04. The molecule has 1 unspecified atom stereocenters. The van der Waals surface area contributed by atoms with E-state index in [1.165, 1.54) is 17.5 Å². The molecule has 5 heteroatoms. The zero-order valence-electron chi connectivity index (χ0n) is 12.9. The van der Waals surface area contributed by atoms with Crippen LogP contribution in [0, 0.1) is 0 Å². The fraction of sp³-hybridized carbons (Fsp3) is 0.529. The minimum Gasteiger partial charge on any atom is -0.355 e. The summed E-state index contributed by atoms with van der Waals surface area (Å²) >= 11 is 0. The molecule has 1 aromatic rings. The smallest absolute Gasteiger partial charge is 0.312 e. The summed E-state index contributed by atoms with van der Waals surface area (Å²) in [6, 6.07) is 8.01. The van der Waals surface area contributed by atoms with Crippen LogP contribution in [0.4, 0.5) is 4.79 Å². The third-order valence-electron chi connectivity index (χ3n) is 4.17. The molecule has 1 aliphatic carbocycles. The maximum absolute atomic E-state index is 11.9. The minimum absolute atomic E-state index is 0.0853. The third kappa shape index (κ3) is 5.06. The second-order valence-electron chi connectivity index (χ2n) is 5.84. The van der Waals surface area contributed by atoms with Crippen LogP contribution in [0.1, 0.15) is 49.1 Å². The number of aryl methyl sites for hydroxylation is 1. The van der Waals surface area contributed by atoms with E-state index in [0.717, 1.165) is 32.2 Å². The third-order valence-corrected chi connectivity index (χ3v) is 4.17. The molecule has 1 aromatic carbocycles. The van der Waals surface area contributed by atoms with Gasteiger partial charge in [0.05, 0.1) is 0 Å². The Morgan fingerprint density at radius 3 is 2.82 bits per heavy atom. The van der Waals surface area contributed by atoms with Gasteiger partial charge in [-0.3, -0.25) is 4.79 Å². The van der Waals surface area contributed by atoms with Crippen molar-refractivity contribution in [3.8, 4) is 0 Å². The number of unbranched alkanes of at least 4 members (excludes halogenated alkanes) is 1. The first kappa shape index (κ1) is 16.3. The Hall–Kier alpha value is -2.04. The molecular weight excluding hydrogens is 278 g/mol. The fourth-order valence-corrected chi connectivity index (χ4v) is 3.01. The van der Waals surface area contributed by atoms with E-state index in [9.17, 15) is 9.59 Å². The zero-order valence-corrected chi connectivity index (χ0v) is 12.9. The number of benzene rings is 1. The van der Waals surface area contributed by atoms with E-state index >= 15 is 0 Å². The molecule has 0 radical (unpaired) electrons. The molecule has 0 aliphatic heterocycles. The van der Waals surface area contributed by atoms with Crippen molar-refractivity contribution in [3.63, 3.8) is 0 Å². The number of nitrogens with one attached hydrogen (secondary N) is 2. The standard InChI is InChI=1S/C17H25N3O2/c18-17(22)19-11-4-3-10-16(21)20-12-14-8-5-7-13-6-1-2-9-15(13)14/h1-2,6,9,14H,3-5,7-8,10-12H2,(H,20,21)(H3,18,19,22). The van der Waals surface area contributed by atoms with Crippen LogP contribution in [-0.4, -0.2) is 25.0 Å². The van der Waals surface area contributed by atoms with Crippen molar-refractivity contribution in [2.75, 3.05) is 13.1 Å². The average molecular weight is 303 g/mol. The van der Waals surface area contributed by atoms with Crippen molar-refractivity contribution in [1.29, 1.82) is 0 Å². The van der Waals surface area contributed by atoms with Gasteiger partial charge in [0.2, 0.25) is 5.91 Å². The molecule has 0 aromatic heterocycles. The SMILES string of the molecule is NC(=O)NCCCCC(=O)NCC1CCCc2ccccc21. The van der Waals surface area contributed by atoms with Gasteiger partial charge in [-0.25, -0.2) is 4.79 Å². The Morgan fingerprint density at radius 2 is 2.00 bits per heavy atom. The number of carbonyl (C=O) groups excluding carboxylic acids is 2. The highest BCUT2D eigenvalue weighted by atomic mass is 16.2. The average Bonchev–Trinajstić information content (AvgIpc) is 2.52. The molecule has 3 amide bonds. The van der Waals surface area contributed by atoms with Gasteiger partial charge in [-0.1, -0.05) is 24.3 Å². The van der Waals surface area contributed by atoms with Gasteiger partial charge in [0, 0.05) is 25.4 Å². The van der Waals surface area contributed by atoms with Gasteiger partial charge in [0.15, 0.2) is 0 Å². The second-order valence-corrected chi connectivity index (χ2v) is 5.84. The van der Waals surface area contributed by atoms with Gasteiger partial charge in [-0.2, -0.15) is 0 Å². The molecule has 22 heavy (non-hydrogen) atoms. The van der Waals surface area contributed by atoms with E-state index in [2.05, 4.69) is 34.9 Å². The number of rotatable bonds is 7. The maximum Gasteiger partial charge on any atom is 0.312 e. The molecule has 1 aliphatic rings. The van der Waals surface area contributed by atoms with E-state index < -0.39 is 6.03 Å². The number of nitrogens with two attached hydrogens (primary N) is 1. The van der Waals surface area contributed by atoms with Crippen LogP contribution in [0.2, 0.25) is 0 Å². The maximum atomic E-state index is 11.9. The highest BCUT2D eigenvalue weighted by molar-refractivity contribution is 5.76. The predicted octanol–water partition coefficient (Wildman–Crippen LogP) is 2.06. The molecule has 0 bridgehead atoms. The first-order chi connectivity index (χ1) is 10.7. The van der Waals surface area contributed by atoms with E-state index in [1.54, 1.807) is 0 Å². The summed E-state index contributed by atoms with van der Waals surface area (Å²) in [4.78, 5) is 22.4. The van der Waals surface area contributed by atoms with Gasteiger partial charge in [-0.15, -0.1) is 0 Å². The fourth-order valence-electron chi connectivity index (χ4n) is 3.01. The van der Waals surface area contributed by atoms with Crippen molar-refractivity contribution >= 4 is 11.9 Å². The highest BCUT2D eigenvalue weighted by Gasteiger charge is 2.19. The van der Waals surface area contributed by atoms with Gasteiger partial charge < -0.3 is 16.4 Å². The van der Waals surface area contributed by atoms with Crippen molar-refractivity contribution < 1.29 is 9.59 Å². The summed E-state index contributed by atoms with van der Waals surface area (Å²) in [6.07, 6.45) is 5.49. The number of fused-ring (bicyclic) bond motifs is 1. The van der Waals surface area contributed by atoms with E-state index in [4.69, 9.17) is 5.73 Å². The van der Waals surface area contributed by atoms with Crippen LogP contribution >= 0.6 is 0 Å². The van der Waals surface area contributed by atoms with E-state index in [-0.39, 0.29) is 5.91 Å². The molecule has 0 spiro atoms. The molecule has 0 fully saturated rings. The summed E-state index contributed by atoms with van der Waals surface area (Å²) < 4.78 is 0. The molecule has 0 saturated carbocycles. The largest absolute Gasteiger partial charge is 0.355 e. The van der Waals surface area contributed by atoms with Gasteiger partial charge >= 0.3 is 6.03 Å². The number of urea groups is 1. The summed E-state index contributed by atoms with van der Waals surface area (Å²) in [6.45, 7) is 1.24. The lowest BCUT2D eigenvalue weighted by Crippen LogP contribution is -2.31. The highest BCUT2D eigenvalue weighted by Crippen LogP contribution is 2.30. The summed E-state index contributed by atoms with van der Waals surface area (Å²) in [5.41, 5.74) is 7.78. The number of amides is 3. The lowest BCUT2D eigenvalue weighted by atomic mass is 9.83. The van der Waals surface area contributed by atoms with Gasteiger partial charge in [-0.05, 0) is 43.2 Å². The predicted molar refractivity (Wildman–Crippen MR) is 86.6 cm³/mol. The Morgan fingerprint density at radius 1 is 1.18 bits per heavy atom. The molecule has 120 valence electrons. The Balaban J connectivity index is 1.68. The molecule has 4 N–H and O–H groups in total. The van der Waals surface area contributed by atoms with Crippen molar-refractivity contribution in [2.45, 2.75) is 44.4 Å². The number of hydrogen-bond acceptors (Lipinski definition) is 2. The number of hydrogen-bond donors (Lipinski definition) is 3. The van der Waals surface area contributed by atoms with Crippen LogP contribution in [0.15, 0.2) is 24.3 Å². The Kier molecular flexibility index (Phi) is 6.25. The Labute approximate surface area is 131 Å². The van der Waals surface area contributed by atoms with Crippen LogP contribution in [-0.2, 0) is 11.2 Å². The summed E-state index contributed by atoms with van der Waals surface area (Å²) in [5.74, 6) is 0.521. The molecular formula is C17H25N3O2. The van der Waals surface area contributed by atoms with Crippen LogP contribution in [0.3, 0.4) is 0 Å². The van der Waals surface area contributed by atoms with E-state index in [0.29, 0.717) is 18.9 Å². The minimum atomic E-state index is -0.514. The van der Waals surface area contributed by atoms with Gasteiger partial charge in [0.1, 0.15) is 0 Å². The van der Waals surface area contributed by atoms with Crippen LogP contribution < -0.4 is 16.4 Å². The normalized spacial score (nSPS) is 16.6. The quantitative estimate of drug-likeness (QED) is 0.674. The molecule has 2 rings (SSSR count). The molecule has 0 saturated heterocycles. The molecule has 1 atom stereocenters. The summed E-state index contributed by atoms with van der Waals surface area (Å²) in [5, 5.41) is 5.56. The zero-order chi connectivity index (χ0) is 15.8. The van der Waals surface area contributed by atoms with Crippen molar-refractivity contribution in [1.82, 2.24) is 10.6 Å². The topological polar surface area (TPSA) is 84.2 Å². The van der Waals surface area contributed by atoms with Crippen LogP contribution in [0.5, 0.6) is 0 Å².